The third kappa shape index (κ3) is 7.28. The predicted molar refractivity (Wildman–Crippen MR) is 152 cm³/mol. The molecule has 0 bridgehead atoms. The summed E-state index contributed by atoms with van der Waals surface area (Å²) in [5.41, 5.74) is 2.95. The fraction of sp³-hybridized carbons (Fsp3) is 0.567. The third-order valence-corrected chi connectivity index (χ3v) is 6.98. The molecule has 3 heterocycles. The Hall–Kier alpha value is -3.17. The van der Waals surface area contributed by atoms with Gasteiger partial charge in [0.15, 0.2) is 0 Å². The molecule has 1 aliphatic heterocycles. The molecule has 0 amide bonds. The minimum absolute atomic E-state index is 0.00730. The van der Waals surface area contributed by atoms with Gasteiger partial charge in [0.2, 0.25) is 0 Å². The average Bonchev–Trinajstić information content (AvgIpc) is 3.24. The van der Waals surface area contributed by atoms with Crippen LogP contribution < -0.4 is 15.6 Å². The number of carbonyl (C=O) groups excluding carboxylic acids is 1. The van der Waals surface area contributed by atoms with E-state index in [0.717, 1.165) is 55.0 Å². The van der Waals surface area contributed by atoms with Crippen molar-refractivity contribution in [1.29, 1.82) is 0 Å². The number of imidazole rings is 1. The Labute approximate surface area is 230 Å². The standard InChI is InChI=1S/C30H42N4O5/c1-7-24(29(36)39-30(3,4)5)31-12-15-38-23-8-9-26-25(17-23)32-27(22-16-20(2)28(35)33(6)19-22)34(26)18-21-10-13-37-14-11-21/h8-9,16-17,19,21,24,31H,7,10-15,18H2,1-6H3. The molecule has 0 spiro atoms. The molecule has 0 radical (unpaired) electrons. The van der Waals surface area contributed by atoms with E-state index in [1.54, 1.807) is 11.6 Å². The molecule has 1 atom stereocenters. The van der Waals surface area contributed by atoms with Crippen LogP contribution in [-0.2, 0) is 27.9 Å². The molecule has 0 aliphatic carbocycles. The van der Waals surface area contributed by atoms with Crippen molar-refractivity contribution in [2.75, 3.05) is 26.4 Å². The fourth-order valence-electron chi connectivity index (χ4n) is 4.96. The quantitative estimate of drug-likeness (QED) is 0.305. The molecule has 9 nitrogen and oxygen atoms in total. The molecule has 1 N–H and O–H groups in total. The molecule has 4 rings (SSSR count). The summed E-state index contributed by atoms with van der Waals surface area (Å²) < 4.78 is 21.0. The van der Waals surface area contributed by atoms with E-state index in [1.807, 2.05) is 59.0 Å². The van der Waals surface area contributed by atoms with Gasteiger partial charge in [-0.15, -0.1) is 0 Å². The van der Waals surface area contributed by atoms with Gasteiger partial charge in [-0.3, -0.25) is 9.59 Å². The smallest absolute Gasteiger partial charge is 0.323 e. The van der Waals surface area contributed by atoms with Crippen LogP contribution in [0.2, 0.25) is 0 Å². The number of nitrogens with one attached hydrogen (secondary N) is 1. The first kappa shape index (κ1) is 28.8. The summed E-state index contributed by atoms with van der Waals surface area (Å²) in [7, 11) is 1.77. The van der Waals surface area contributed by atoms with Crippen LogP contribution in [-0.4, -0.2) is 58.1 Å². The van der Waals surface area contributed by atoms with Crippen LogP contribution in [0, 0.1) is 12.8 Å². The average molecular weight is 539 g/mol. The monoisotopic (exact) mass is 538 g/mol. The van der Waals surface area contributed by atoms with Crippen LogP contribution in [0.15, 0.2) is 35.3 Å². The van der Waals surface area contributed by atoms with E-state index in [2.05, 4.69) is 16.0 Å². The predicted octanol–water partition coefficient (Wildman–Crippen LogP) is 4.23. The second kappa shape index (κ2) is 12.3. The maximum Gasteiger partial charge on any atom is 0.323 e. The molecule has 1 fully saturated rings. The molecule has 9 heteroatoms. The minimum Gasteiger partial charge on any atom is -0.492 e. The molecular weight excluding hydrogens is 496 g/mol. The summed E-state index contributed by atoms with van der Waals surface area (Å²) in [6.07, 6.45) is 4.52. The first-order valence-electron chi connectivity index (χ1n) is 13.9. The first-order valence-corrected chi connectivity index (χ1v) is 13.9. The van der Waals surface area contributed by atoms with Crippen LogP contribution in [0.25, 0.3) is 22.4 Å². The summed E-state index contributed by atoms with van der Waals surface area (Å²) in [5, 5.41) is 3.24. The van der Waals surface area contributed by atoms with Crippen LogP contribution in [0.3, 0.4) is 0 Å². The largest absolute Gasteiger partial charge is 0.492 e. The highest BCUT2D eigenvalue weighted by Crippen LogP contribution is 2.30. The van der Waals surface area contributed by atoms with E-state index < -0.39 is 5.60 Å². The van der Waals surface area contributed by atoms with Crippen molar-refractivity contribution in [1.82, 2.24) is 19.4 Å². The summed E-state index contributed by atoms with van der Waals surface area (Å²) in [6, 6.07) is 7.52. The van der Waals surface area contributed by atoms with E-state index in [-0.39, 0.29) is 17.6 Å². The number of aromatic nitrogens is 3. The fourth-order valence-corrected chi connectivity index (χ4v) is 4.96. The van der Waals surface area contributed by atoms with Crippen LogP contribution >= 0.6 is 0 Å². The summed E-state index contributed by atoms with van der Waals surface area (Å²) in [6.45, 7) is 12.7. The number of esters is 1. The number of pyridine rings is 1. The number of nitrogens with zero attached hydrogens (tertiary/aromatic N) is 3. The normalized spacial score (nSPS) is 15.4. The van der Waals surface area contributed by atoms with Crippen molar-refractivity contribution in [3.63, 3.8) is 0 Å². The van der Waals surface area contributed by atoms with Gasteiger partial charge in [-0.1, -0.05) is 6.92 Å². The zero-order valence-corrected chi connectivity index (χ0v) is 24.1. The Morgan fingerprint density at radius 1 is 1.23 bits per heavy atom. The Kier molecular flexibility index (Phi) is 9.12. The van der Waals surface area contributed by atoms with Crippen molar-refractivity contribution in [3.05, 3.63) is 46.4 Å². The van der Waals surface area contributed by atoms with E-state index in [0.29, 0.717) is 36.8 Å². The number of rotatable bonds is 10. The van der Waals surface area contributed by atoms with Gasteiger partial charge >= 0.3 is 5.97 Å². The number of hydrogen-bond acceptors (Lipinski definition) is 7. The lowest BCUT2D eigenvalue weighted by Crippen LogP contribution is -2.42. The summed E-state index contributed by atoms with van der Waals surface area (Å²) in [5.74, 6) is 1.82. The van der Waals surface area contributed by atoms with Crippen molar-refractivity contribution < 1.29 is 19.0 Å². The number of fused-ring (bicyclic) bond motifs is 1. The highest BCUT2D eigenvalue weighted by atomic mass is 16.6. The molecule has 1 unspecified atom stereocenters. The van der Waals surface area contributed by atoms with E-state index in [1.165, 1.54) is 0 Å². The topological polar surface area (TPSA) is 96.6 Å². The highest BCUT2D eigenvalue weighted by molar-refractivity contribution is 5.82. The molecule has 1 saturated heterocycles. The van der Waals surface area contributed by atoms with Gasteiger partial charge < -0.3 is 28.7 Å². The molecule has 212 valence electrons. The van der Waals surface area contributed by atoms with Crippen molar-refractivity contribution in [2.45, 2.75) is 72.1 Å². The van der Waals surface area contributed by atoms with Crippen molar-refractivity contribution in [3.8, 4) is 17.1 Å². The van der Waals surface area contributed by atoms with Gasteiger partial charge in [-0.2, -0.15) is 0 Å². The molecular formula is C30H42N4O5. The second-order valence-electron chi connectivity index (χ2n) is 11.4. The minimum atomic E-state index is -0.516. The van der Waals surface area contributed by atoms with E-state index in [4.69, 9.17) is 19.2 Å². The van der Waals surface area contributed by atoms with Gasteiger partial charge in [-0.05, 0) is 71.1 Å². The highest BCUT2D eigenvalue weighted by Gasteiger charge is 2.24. The van der Waals surface area contributed by atoms with E-state index in [9.17, 15) is 9.59 Å². The Bertz CT molecular complexity index is 1320. The maximum atomic E-state index is 12.4. The molecule has 1 aromatic carbocycles. The lowest BCUT2D eigenvalue weighted by Gasteiger charge is -2.24. The molecule has 3 aromatic rings. The van der Waals surface area contributed by atoms with Gasteiger partial charge in [-0.25, -0.2) is 4.98 Å². The number of benzene rings is 1. The van der Waals surface area contributed by atoms with Gasteiger partial charge in [0, 0.05) is 56.7 Å². The van der Waals surface area contributed by atoms with Gasteiger partial charge in [0.1, 0.15) is 29.8 Å². The maximum absolute atomic E-state index is 12.4. The Balaban J connectivity index is 1.52. The zero-order chi connectivity index (χ0) is 28.2. The first-order chi connectivity index (χ1) is 18.6. The SMILES string of the molecule is CCC(NCCOc1ccc2c(c1)nc(-c1cc(C)c(=O)n(C)c1)n2CC1CCOCC1)C(=O)OC(C)(C)C. The van der Waals surface area contributed by atoms with Crippen LogP contribution in [0.4, 0.5) is 0 Å². The third-order valence-electron chi connectivity index (χ3n) is 6.98. The van der Waals surface area contributed by atoms with Crippen molar-refractivity contribution in [2.24, 2.45) is 13.0 Å². The van der Waals surface area contributed by atoms with Crippen molar-refractivity contribution >= 4 is 17.0 Å². The molecule has 0 saturated carbocycles. The summed E-state index contributed by atoms with van der Waals surface area (Å²) >= 11 is 0. The van der Waals surface area contributed by atoms with Gasteiger partial charge in [0.25, 0.3) is 5.56 Å². The molecule has 1 aliphatic rings. The van der Waals surface area contributed by atoms with Crippen LogP contribution in [0.1, 0.15) is 52.5 Å². The number of carbonyl (C=O) groups is 1. The molecule has 2 aromatic heterocycles. The molecule has 39 heavy (non-hydrogen) atoms. The van der Waals surface area contributed by atoms with Crippen LogP contribution in [0.5, 0.6) is 5.75 Å². The van der Waals surface area contributed by atoms with E-state index >= 15 is 0 Å². The second-order valence-corrected chi connectivity index (χ2v) is 11.4. The number of aryl methyl sites for hydroxylation is 2. The number of hydrogen-bond donors (Lipinski definition) is 1. The summed E-state index contributed by atoms with van der Waals surface area (Å²) in [4.78, 5) is 29.7. The van der Waals surface area contributed by atoms with Gasteiger partial charge in [0.05, 0.1) is 11.0 Å². The zero-order valence-electron chi connectivity index (χ0n) is 24.1. The lowest BCUT2D eigenvalue weighted by molar-refractivity contribution is -0.157. The Morgan fingerprint density at radius 3 is 2.64 bits per heavy atom. The number of ether oxygens (including phenoxy) is 3. The Morgan fingerprint density at radius 2 is 1.97 bits per heavy atom. The lowest BCUT2D eigenvalue weighted by atomic mass is 10.00.